The lowest BCUT2D eigenvalue weighted by atomic mass is 10.1. The fourth-order valence-electron chi connectivity index (χ4n) is 1.37. The third kappa shape index (κ3) is 4.29. The molecule has 0 bridgehead atoms. The molecule has 0 amide bonds. The van der Waals surface area contributed by atoms with Crippen molar-refractivity contribution in [1.29, 1.82) is 5.26 Å². The molecule has 0 spiro atoms. The van der Waals surface area contributed by atoms with Gasteiger partial charge in [0.15, 0.2) is 5.78 Å². The molecular weight excluding hydrogens is 226 g/mol. The van der Waals surface area contributed by atoms with Gasteiger partial charge in [-0.1, -0.05) is 12.1 Å². The first-order valence-electron chi connectivity index (χ1n) is 5.03. The van der Waals surface area contributed by atoms with Gasteiger partial charge in [-0.15, -0.1) is 0 Å². The summed E-state index contributed by atoms with van der Waals surface area (Å²) in [6, 6.07) is 8.05. The highest BCUT2D eigenvalue weighted by molar-refractivity contribution is 5.97. The number of Topliss-reactive ketones (excluding diaryl/α,β-unsaturated/α-hetero) is 1. The standard InChI is InChI=1S/C12H12F2N2O/c1-16(8-12(13)14)7-11(17)10-4-2-9(6-15)3-5-10/h2-5,12H,7-8H2,1H3. The molecule has 0 radical (unpaired) electrons. The summed E-state index contributed by atoms with van der Waals surface area (Å²) >= 11 is 0. The molecule has 0 aliphatic carbocycles. The number of rotatable bonds is 5. The van der Waals surface area contributed by atoms with Crippen LogP contribution in [0.3, 0.4) is 0 Å². The molecule has 0 N–H and O–H groups in total. The highest BCUT2D eigenvalue weighted by atomic mass is 19.3. The summed E-state index contributed by atoms with van der Waals surface area (Å²) in [6.07, 6.45) is -2.45. The third-order valence-electron chi connectivity index (χ3n) is 2.20. The van der Waals surface area contributed by atoms with Gasteiger partial charge in [-0.3, -0.25) is 9.69 Å². The van der Waals surface area contributed by atoms with Crippen LogP contribution in [0.1, 0.15) is 15.9 Å². The fourth-order valence-corrected chi connectivity index (χ4v) is 1.37. The summed E-state index contributed by atoms with van der Waals surface area (Å²) < 4.78 is 24.1. The number of hydrogen-bond acceptors (Lipinski definition) is 3. The maximum Gasteiger partial charge on any atom is 0.251 e. The number of alkyl halides is 2. The zero-order valence-corrected chi connectivity index (χ0v) is 9.36. The Morgan fingerprint density at radius 1 is 1.41 bits per heavy atom. The van der Waals surface area contributed by atoms with Crippen molar-refractivity contribution in [2.45, 2.75) is 6.43 Å². The SMILES string of the molecule is CN(CC(=O)c1ccc(C#N)cc1)CC(F)F. The Morgan fingerprint density at radius 2 is 2.00 bits per heavy atom. The van der Waals surface area contributed by atoms with Crippen molar-refractivity contribution in [2.75, 3.05) is 20.1 Å². The number of carbonyl (C=O) groups is 1. The zero-order valence-electron chi connectivity index (χ0n) is 9.36. The Hall–Kier alpha value is -1.80. The first kappa shape index (κ1) is 13.3. The van der Waals surface area contributed by atoms with Gasteiger partial charge in [-0.05, 0) is 19.2 Å². The van der Waals surface area contributed by atoms with Gasteiger partial charge in [0.1, 0.15) is 0 Å². The van der Waals surface area contributed by atoms with E-state index in [-0.39, 0.29) is 12.3 Å². The second-order valence-electron chi connectivity index (χ2n) is 3.70. The molecule has 0 fully saturated rings. The van der Waals surface area contributed by atoms with E-state index in [1.165, 1.54) is 36.2 Å². The van der Waals surface area contributed by atoms with E-state index >= 15 is 0 Å². The van der Waals surface area contributed by atoms with Crippen LogP contribution in [0.5, 0.6) is 0 Å². The Kier molecular flexibility index (Phi) is 4.73. The van der Waals surface area contributed by atoms with E-state index in [0.717, 1.165) is 0 Å². The lowest BCUT2D eigenvalue weighted by molar-refractivity contribution is 0.0820. The molecule has 1 rings (SSSR count). The maximum atomic E-state index is 12.0. The second kappa shape index (κ2) is 6.06. The molecule has 0 saturated carbocycles. The molecule has 0 unspecified atom stereocenters. The van der Waals surface area contributed by atoms with Gasteiger partial charge in [0.25, 0.3) is 6.43 Å². The minimum absolute atomic E-state index is 0.0593. The van der Waals surface area contributed by atoms with Gasteiger partial charge in [-0.2, -0.15) is 5.26 Å². The van der Waals surface area contributed by atoms with Crippen molar-refractivity contribution in [3.05, 3.63) is 35.4 Å². The molecule has 17 heavy (non-hydrogen) atoms. The summed E-state index contributed by atoms with van der Waals surface area (Å²) in [7, 11) is 1.47. The van der Waals surface area contributed by atoms with Crippen molar-refractivity contribution in [3.63, 3.8) is 0 Å². The summed E-state index contributed by atoms with van der Waals surface area (Å²) in [5, 5.41) is 8.59. The Bertz CT molecular complexity index is 423. The molecule has 0 aromatic heterocycles. The number of nitriles is 1. The van der Waals surface area contributed by atoms with Gasteiger partial charge in [0.2, 0.25) is 0 Å². The van der Waals surface area contributed by atoms with Crippen molar-refractivity contribution in [2.24, 2.45) is 0 Å². The van der Waals surface area contributed by atoms with Gasteiger partial charge < -0.3 is 0 Å². The minimum atomic E-state index is -2.45. The average Bonchev–Trinajstić information content (AvgIpc) is 2.28. The van der Waals surface area contributed by atoms with Crippen LogP contribution in [0.25, 0.3) is 0 Å². The van der Waals surface area contributed by atoms with Gasteiger partial charge in [-0.25, -0.2) is 8.78 Å². The Morgan fingerprint density at radius 3 is 2.47 bits per heavy atom. The fraction of sp³-hybridized carbons (Fsp3) is 0.333. The van der Waals surface area contributed by atoms with E-state index < -0.39 is 13.0 Å². The zero-order chi connectivity index (χ0) is 12.8. The van der Waals surface area contributed by atoms with Gasteiger partial charge in [0.05, 0.1) is 24.7 Å². The summed E-state index contributed by atoms with van der Waals surface area (Å²) in [5.74, 6) is -0.238. The molecule has 0 aliphatic rings. The maximum absolute atomic E-state index is 12.0. The van der Waals surface area contributed by atoms with E-state index in [1.807, 2.05) is 6.07 Å². The van der Waals surface area contributed by atoms with Crippen LogP contribution in [0, 0.1) is 11.3 Å². The van der Waals surface area contributed by atoms with Crippen molar-refractivity contribution < 1.29 is 13.6 Å². The predicted molar refractivity (Wildman–Crippen MR) is 59.0 cm³/mol. The smallest absolute Gasteiger partial charge is 0.251 e. The van der Waals surface area contributed by atoms with Crippen LogP contribution in [-0.4, -0.2) is 37.2 Å². The molecule has 0 saturated heterocycles. The first-order chi connectivity index (χ1) is 8.02. The lowest BCUT2D eigenvalue weighted by Gasteiger charge is -2.14. The molecule has 0 heterocycles. The molecule has 0 atom stereocenters. The number of ketones is 1. The molecular formula is C12H12F2N2O. The van der Waals surface area contributed by atoms with Crippen LogP contribution in [-0.2, 0) is 0 Å². The van der Waals surface area contributed by atoms with E-state index in [4.69, 9.17) is 5.26 Å². The topological polar surface area (TPSA) is 44.1 Å². The van der Waals surface area contributed by atoms with Crippen molar-refractivity contribution >= 4 is 5.78 Å². The number of carbonyl (C=O) groups excluding carboxylic acids is 1. The van der Waals surface area contributed by atoms with Crippen LogP contribution >= 0.6 is 0 Å². The first-order valence-corrected chi connectivity index (χ1v) is 5.03. The summed E-state index contributed by atoms with van der Waals surface area (Å²) in [6.45, 7) is -0.488. The van der Waals surface area contributed by atoms with Crippen LogP contribution in [0.15, 0.2) is 24.3 Å². The molecule has 90 valence electrons. The summed E-state index contributed by atoms with van der Waals surface area (Å²) in [4.78, 5) is 12.9. The van der Waals surface area contributed by atoms with E-state index in [1.54, 1.807) is 0 Å². The van der Waals surface area contributed by atoms with Crippen LogP contribution in [0.4, 0.5) is 8.78 Å². The molecule has 3 nitrogen and oxygen atoms in total. The number of benzene rings is 1. The number of hydrogen-bond donors (Lipinski definition) is 0. The van der Waals surface area contributed by atoms with Gasteiger partial charge in [0, 0.05) is 5.56 Å². The number of halogens is 2. The third-order valence-corrected chi connectivity index (χ3v) is 2.20. The van der Waals surface area contributed by atoms with E-state index in [2.05, 4.69) is 0 Å². The normalized spacial score (nSPS) is 10.6. The molecule has 0 aliphatic heterocycles. The van der Waals surface area contributed by atoms with Gasteiger partial charge >= 0.3 is 0 Å². The Balaban J connectivity index is 2.61. The van der Waals surface area contributed by atoms with Crippen molar-refractivity contribution in [1.82, 2.24) is 4.90 Å². The number of likely N-dealkylation sites (N-methyl/N-ethyl adjacent to an activating group) is 1. The van der Waals surface area contributed by atoms with E-state index in [0.29, 0.717) is 11.1 Å². The lowest BCUT2D eigenvalue weighted by Crippen LogP contribution is -2.30. The number of nitrogens with zero attached hydrogens (tertiary/aromatic N) is 2. The quantitative estimate of drug-likeness (QED) is 0.736. The summed E-state index contributed by atoms with van der Waals surface area (Å²) in [5.41, 5.74) is 0.882. The molecule has 5 heteroatoms. The highest BCUT2D eigenvalue weighted by Gasteiger charge is 2.12. The van der Waals surface area contributed by atoms with Crippen LogP contribution in [0.2, 0.25) is 0 Å². The second-order valence-corrected chi connectivity index (χ2v) is 3.70. The highest BCUT2D eigenvalue weighted by Crippen LogP contribution is 2.05. The predicted octanol–water partition coefficient (Wildman–Crippen LogP) is 1.94. The van der Waals surface area contributed by atoms with E-state index in [9.17, 15) is 13.6 Å². The minimum Gasteiger partial charge on any atom is -0.293 e. The Labute approximate surface area is 98.3 Å². The monoisotopic (exact) mass is 238 g/mol. The average molecular weight is 238 g/mol. The molecule has 1 aromatic carbocycles. The largest absolute Gasteiger partial charge is 0.293 e. The van der Waals surface area contributed by atoms with Crippen LogP contribution < -0.4 is 0 Å². The van der Waals surface area contributed by atoms with Crippen molar-refractivity contribution in [3.8, 4) is 6.07 Å². The molecule has 1 aromatic rings.